The molecule has 108 valence electrons. The lowest BCUT2D eigenvalue weighted by molar-refractivity contribution is -0.0944. The molecule has 18 heavy (non-hydrogen) atoms. The van der Waals surface area contributed by atoms with E-state index >= 15 is 0 Å². The lowest BCUT2D eigenvalue weighted by Gasteiger charge is -2.11. The van der Waals surface area contributed by atoms with Crippen LogP contribution in [0, 0.1) is 0 Å². The average Bonchev–Trinajstić information content (AvgIpc) is 2.30. The van der Waals surface area contributed by atoms with Crippen molar-refractivity contribution in [2.45, 2.75) is 84.2 Å². The molecule has 0 aliphatic rings. The molecule has 0 amide bonds. The summed E-state index contributed by atoms with van der Waals surface area (Å²) >= 11 is 0. The number of halogens is 3. The van der Waals surface area contributed by atoms with Crippen LogP contribution in [0.3, 0.4) is 0 Å². The van der Waals surface area contributed by atoms with Gasteiger partial charge in [0.25, 0.3) is 0 Å². The summed E-state index contributed by atoms with van der Waals surface area (Å²) < 4.78 is 38.0. The minimum atomic E-state index is -4.13. The maximum absolute atomic E-state index is 12.7. The Kier molecular flexibility index (Phi) is 10.2. The highest BCUT2D eigenvalue weighted by molar-refractivity contribution is 5.08. The van der Waals surface area contributed by atoms with Crippen molar-refractivity contribution in [2.24, 2.45) is 0 Å². The summed E-state index contributed by atoms with van der Waals surface area (Å²) in [6.07, 6.45) is 6.22. The first-order valence-corrected chi connectivity index (χ1v) is 7.28. The molecule has 3 heteroatoms. The molecule has 0 nitrogen and oxygen atoms in total. The number of alkyl halides is 3. The second-order valence-corrected chi connectivity index (χ2v) is 4.89. The minimum Gasteiger partial charge on any atom is -0.166 e. The number of rotatable bonds is 10. The van der Waals surface area contributed by atoms with Gasteiger partial charge >= 0.3 is 6.18 Å². The number of allylic oxidation sites excluding steroid dienone is 2. The highest BCUT2D eigenvalue weighted by atomic mass is 19.4. The third kappa shape index (κ3) is 9.55. The summed E-state index contributed by atoms with van der Waals surface area (Å²) in [5.41, 5.74) is -0.321. The molecule has 0 heterocycles. The Balaban J connectivity index is 3.78. The first-order chi connectivity index (χ1) is 8.52. The van der Waals surface area contributed by atoms with E-state index in [9.17, 15) is 13.2 Å². The molecular formula is C15H27F3. The normalized spacial score (nSPS) is 13.1. The van der Waals surface area contributed by atoms with E-state index in [0.29, 0.717) is 12.8 Å². The second-order valence-electron chi connectivity index (χ2n) is 4.89. The number of hydrogen-bond acceptors (Lipinski definition) is 0. The van der Waals surface area contributed by atoms with Crippen molar-refractivity contribution >= 4 is 0 Å². The molecule has 0 aromatic carbocycles. The van der Waals surface area contributed by atoms with Crippen LogP contribution in [0.5, 0.6) is 0 Å². The van der Waals surface area contributed by atoms with E-state index in [-0.39, 0.29) is 12.0 Å². The van der Waals surface area contributed by atoms with Gasteiger partial charge in [-0.25, -0.2) is 0 Å². The molecule has 0 aliphatic carbocycles. The number of unbranched alkanes of at least 4 members (excludes halogenated alkanes) is 7. The van der Waals surface area contributed by atoms with Crippen LogP contribution < -0.4 is 0 Å². The van der Waals surface area contributed by atoms with Crippen molar-refractivity contribution in [3.05, 3.63) is 11.6 Å². The van der Waals surface area contributed by atoms with Crippen LogP contribution in [0.2, 0.25) is 0 Å². The van der Waals surface area contributed by atoms with Gasteiger partial charge < -0.3 is 0 Å². The fourth-order valence-electron chi connectivity index (χ4n) is 1.95. The Labute approximate surface area is 110 Å². The SMILES string of the molecule is CCC/C=C(/CCCCCCCCC)C(F)(F)F. The molecule has 0 fully saturated rings. The zero-order valence-corrected chi connectivity index (χ0v) is 11.8. The van der Waals surface area contributed by atoms with Gasteiger partial charge in [-0.05, 0) is 19.3 Å². The largest absolute Gasteiger partial charge is 0.412 e. The Morgan fingerprint density at radius 3 is 1.89 bits per heavy atom. The van der Waals surface area contributed by atoms with Crippen LogP contribution in [0.4, 0.5) is 13.2 Å². The van der Waals surface area contributed by atoms with Crippen LogP contribution in [0.1, 0.15) is 78.1 Å². The first-order valence-electron chi connectivity index (χ1n) is 7.28. The molecule has 0 unspecified atom stereocenters. The molecule has 0 spiro atoms. The van der Waals surface area contributed by atoms with Gasteiger partial charge in [0, 0.05) is 5.57 Å². The van der Waals surface area contributed by atoms with Crippen molar-refractivity contribution in [2.75, 3.05) is 0 Å². The van der Waals surface area contributed by atoms with Crippen LogP contribution in [0.25, 0.3) is 0 Å². The van der Waals surface area contributed by atoms with Crippen molar-refractivity contribution in [3.63, 3.8) is 0 Å². The minimum absolute atomic E-state index is 0.192. The average molecular weight is 264 g/mol. The summed E-state index contributed by atoms with van der Waals surface area (Å²) in [6.45, 7) is 4.06. The standard InChI is InChI=1S/C15H27F3/c1-3-5-7-8-9-10-11-13-14(12-6-4-2)15(16,17)18/h12H,3-11,13H2,1-2H3/b14-12-. The molecular weight excluding hydrogens is 237 g/mol. The quantitative estimate of drug-likeness (QED) is 0.315. The zero-order chi connectivity index (χ0) is 13.9. The fourth-order valence-corrected chi connectivity index (χ4v) is 1.95. The number of hydrogen-bond donors (Lipinski definition) is 0. The van der Waals surface area contributed by atoms with Crippen molar-refractivity contribution in [1.29, 1.82) is 0 Å². The van der Waals surface area contributed by atoms with E-state index in [2.05, 4.69) is 6.92 Å². The van der Waals surface area contributed by atoms with Gasteiger partial charge in [0.1, 0.15) is 0 Å². The van der Waals surface area contributed by atoms with E-state index < -0.39 is 6.18 Å². The molecule has 0 N–H and O–H groups in total. The summed E-state index contributed by atoms with van der Waals surface area (Å²) in [7, 11) is 0. The maximum atomic E-state index is 12.7. The molecule has 0 saturated carbocycles. The Bertz CT molecular complexity index is 216. The van der Waals surface area contributed by atoms with E-state index in [1.165, 1.54) is 25.3 Å². The predicted octanol–water partition coefficient (Wildman–Crippen LogP) is 6.42. The van der Waals surface area contributed by atoms with Crippen LogP contribution in [-0.4, -0.2) is 6.18 Å². The lowest BCUT2D eigenvalue weighted by atomic mass is 10.0. The van der Waals surface area contributed by atoms with Crippen molar-refractivity contribution in [1.82, 2.24) is 0 Å². The predicted molar refractivity (Wildman–Crippen MR) is 71.7 cm³/mol. The van der Waals surface area contributed by atoms with Crippen LogP contribution >= 0.6 is 0 Å². The van der Waals surface area contributed by atoms with Gasteiger partial charge in [0.2, 0.25) is 0 Å². The summed E-state index contributed by atoms with van der Waals surface area (Å²) in [5, 5.41) is 0. The molecule has 0 radical (unpaired) electrons. The van der Waals surface area contributed by atoms with Gasteiger partial charge in [-0.15, -0.1) is 0 Å². The van der Waals surface area contributed by atoms with E-state index in [1.54, 1.807) is 0 Å². The third-order valence-electron chi connectivity index (χ3n) is 3.09. The molecule has 0 rings (SSSR count). The Hall–Kier alpha value is -0.470. The molecule has 0 atom stereocenters. The molecule has 0 aromatic rings. The smallest absolute Gasteiger partial charge is 0.166 e. The van der Waals surface area contributed by atoms with Gasteiger partial charge in [0.05, 0.1) is 0 Å². The molecule has 0 saturated heterocycles. The van der Waals surface area contributed by atoms with Crippen LogP contribution in [-0.2, 0) is 0 Å². The first kappa shape index (κ1) is 17.5. The van der Waals surface area contributed by atoms with Gasteiger partial charge in [-0.2, -0.15) is 13.2 Å². The van der Waals surface area contributed by atoms with Gasteiger partial charge in [0.15, 0.2) is 0 Å². The van der Waals surface area contributed by atoms with E-state index in [0.717, 1.165) is 25.7 Å². The highest BCUT2D eigenvalue weighted by Crippen LogP contribution is 2.30. The maximum Gasteiger partial charge on any atom is 0.412 e. The zero-order valence-electron chi connectivity index (χ0n) is 11.8. The Morgan fingerprint density at radius 1 is 0.833 bits per heavy atom. The lowest BCUT2D eigenvalue weighted by Crippen LogP contribution is -2.12. The van der Waals surface area contributed by atoms with Gasteiger partial charge in [-0.3, -0.25) is 0 Å². The second kappa shape index (κ2) is 10.5. The summed E-state index contributed by atoms with van der Waals surface area (Å²) in [6, 6.07) is 0. The summed E-state index contributed by atoms with van der Waals surface area (Å²) in [5.74, 6) is 0. The molecule has 0 bridgehead atoms. The van der Waals surface area contributed by atoms with Crippen LogP contribution in [0.15, 0.2) is 11.6 Å². The fraction of sp³-hybridized carbons (Fsp3) is 0.867. The van der Waals surface area contributed by atoms with E-state index in [4.69, 9.17) is 0 Å². The van der Waals surface area contributed by atoms with Gasteiger partial charge in [-0.1, -0.05) is 64.9 Å². The van der Waals surface area contributed by atoms with Crippen molar-refractivity contribution in [3.8, 4) is 0 Å². The monoisotopic (exact) mass is 264 g/mol. The highest BCUT2D eigenvalue weighted by Gasteiger charge is 2.32. The van der Waals surface area contributed by atoms with E-state index in [1.807, 2.05) is 6.92 Å². The molecule has 0 aromatic heterocycles. The summed E-state index contributed by atoms with van der Waals surface area (Å²) in [4.78, 5) is 0. The van der Waals surface area contributed by atoms with Crippen molar-refractivity contribution < 1.29 is 13.2 Å². The third-order valence-corrected chi connectivity index (χ3v) is 3.09. The Morgan fingerprint density at radius 2 is 1.39 bits per heavy atom. The molecule has 0 aliphatic heterocycles. The topological polar surface area (TPSA) is 0 Å².